The molecule has 0 aliphatic carbocycles. The number of carbonyl (C=O) groups is 1. The topological polar surface area (TPSA) is 101 Å². The summed E-state index contributed by atoms with van der Waals surface area (Å²) in [6.07, 6.45) is 0. The van der Waals surface area contributed by atoms with Crippen LogP contribution in [0.25, 0.3) is 0 Å². The van der Waals surface area contributed by atoms with Gasteiger partial charge in [0.05, 0.1) is 15.7 Å². The first-order valence-corrected chi connectivity index (χ1v) is 8.30. The second-order valence-corrected chi connectivity index (χ2v) is 7.83. The Labute approximate surface area is 130 Å². The van der Waals surface area contributed by atoms with Gasteiger partial charge in [0.2, 0.25) is 0 Å². The van der Waals surface area contributed by atoms with Crippen molar-refractivity contribution in [1.82, 2.24) is 0 Å². The maximum atomic E-state index is 12.6. The van der Waals surface area contributed by atoms with Crippen LogP contribution in [-0.2, 0) is 14.8 Å². The monoisotopic (exact) mass is 346 g/mol. The first-order chi connectivity index (χ1) is 9.82. The Hall–Kier alpha value is -1.77. The quantitative estimate of drug-likeness (QED) is 0.809. The van der Waals surface area contributed by atoms with E-state index in [1.165, 1.54) is 24.3 Å². The third kappa shape index (κ3) is 3.29. The van der Waals surface area contributed by atoms with Gasteiger partial charge in [0, 0.05) is 0 Å². The molecule has 1 aromatic carbocycles. The van der Waals surface area contributed by atoms with Gasteiger partial charge in [-0.05, 0) is 24.3 Å². The van der Waals surface area contributed by atoms with Crippen molar-refractivity contribution in [1.29, 1.82) is 0 Å². The Morgan fingerprint density at radius 3 is 2.48 bits per heavy atom. The van der Waals surface area contributed by atoms with Gasteiger partial charge in [0.1, 0.15) is 10.8 Å². The highest BCUT2D eigenvalue weighted by Gasteiger charge is 2.29. The maximum absolute atomic E-state index is 12.6. The lowest BCUT2D eigenvalue weighted by molar-refractivity contribution is -0.135. The van der Waals surface area contributed by atoms with Gasteiger partial charge >= 0.3 is 5.97 Å². The minimum absolute atomic E-state index is 0.0444. The molecule has 6 nitrogen and oxygen atoms in total. The number of para-hydroxylation sites is 2. The third-order valence-corrected chi connectivity index (χ3v) is 6.04. The number of sulfonamides is 1. The lowest BCUT2D eigenvalue weighted by Crippen LogP contribution is -2.35. The van der Waals surface area contributed by atoms with E-state index in [9.17, 15) is 13.2 Å². The van der Waals surface area contributed by atoms with E-state index in [2.05, 4.69) is 0 Å². The lowest BCUT2D eigenvalue weighted by atomic mass is 10.3. The second-order valence-electron chi connectivity index (χ2n) is 4.02. The standard InChI is InChI=1S/C12H11ClN2O4S2/c13-10-5-6-12(20-10)21(18,19)15(7-11(16)17)9-4-2-1-3-8(9)14/h1-6H,7,14H2,(H,16,17). The molecule has 0 amide bonds. The molecule has 2 rings (SSSR count). The van der Waals surface area contributed by atoms with Gasteiger partial charge in [-0.2, -0.15) is 0 Å². The normalized spacial score (nSPS) is 11.3. The minimum Gasteiger partial charge on any atom is -0.480 e. The van der Waals surface area contributed by atoms with E-state index in [1.54, 1.807) is 12.1 Å². The van der Waals surface area contributed by atoms with Gasteiger partial charge < -0.3 is 10.8 Å². The van der Waals surface area contributed by atoms with Crippen molar-refractivity contribution in [3.63, 3.8) is 0 Å². The molecule has 0 unspecified atom stereocenters. The zero-order chi connectivity index (χ0) is 15.6. The molecule has 9 heteroatoms. The number of anilines is 2. The SMILES string of the molecule is Nc1ccccc1N(CC(=O)O)S(=O)(=O)c1ccc(Cl)s1. The summed E-state index contributed by atoms with van der Waals surface area (Å²) in [5.74, 6) is -1.29. The van der Waals surface area contributed by atoms with Gasteiger partial charge in [0.25, 0.3) is 10.0 Å². The van der Waals surface area contributed by atoms with E-state index in [-0.39, 0.29) is 15.6 Å². The molecular formula is C12H11ClN2O4S2. The van der Waals surface area contributed by atoms with Crippen LogP contribution >= 0.6 is 22.9 Å². The number of hydrogen-bond acceptors (Lipinski definition) is 5. The van der Waals surface area contributed by atoms with Crippen molar-refractivity contribution < 1.29 is 18.3 Å². The molecule has 1 aromatic heterocycles. The number of carboxylic acids is 1. The van der Waals surface area contributed by atoms with Crippen LogP contribution in [0.2, 0.25) is 4.34 Å². The van der Waals surface area contributed by atoms with Crippen molar-refractivity contribution in [3.05, 3.63) is 40.7 Å². The molecule has 3 N–H and O–H groups in total. The number of aliphatic carboxylic acids is 1. The Morgan fingerprint density at radius 1 is 1.29 bits per heavy atom. The largest absolute Gasteiger partial charge is 0.480 e. The van der Waals surface area contributed by atoms with E-state index >= 15 is 0 Å². The van der Waals surface area contributed by atoms with Gasteiger partial charge in [-0.15, -0.1) is 11.3 Å². The van der Waals surface area contributed by atoms with Crippen LogP contribution in [0.15, 0.2) is 40.6 Å². The van der Waals surface area contributed by atoms with E-state index in [1.807, 2.05) is 0 Å². The Balaban J connectivity index is 2.56. The number of nitrogens with two attached hydrogens (primary N) is 1. The summed E-state index contributed by atoms with van der Waals surface area (Å²) in [7, 11) is -4.04. The molecule has 0 saturated heterocycles. The summed E-state index contributed by atoms with van der Waals surface area (Å²) in [6, 6.07) is 8.93. The number of nitrogen functional groups attached to an aromatic ring is 1. The number of hydrogen-bond donors (Lipinski definition) is 2. The fourth-order valence-electron chi connectivity index (χ4n) is 1.68. The highest BCUT2D eigenvalue weighted by Crippen LogP contribution is 2.33. The predicted octanol–water partition coefficient (Wildman–Crippen LogP) is 2.26. The van der Waals surface area contributed by atoms with E-state index in [4.69, 9.17) is 22.4 Å². The Kier molecular flexibility index (Phi) is 4.40. The lowest BCUT2D eigenvalue weighted by Gasteiger charge is -2.23. The van der Waals surface area contributed by atoms with Gasteiger partial charge in [-0.25, -0.2) is 8.42 Å². The molecule has 0 aliphatic rings. The van der Waals surface area contributed by atoms with Gasteiger partial charge in [-0.3, -0.25) is 9.10 Å². The Morgan fingerprint density at radius 2 is 1.95 bits per heavy atom. The summed E-state index contributed by atoms with van der Waals surface area (Å²) in [6.45, 7) is -0.730. The Bertz CT molecular complexity index is 773. The van der Waals surface area contributed by atoms with Crippen molar-refractivity contribution in [2.24, 2.45) is 0 Å². The summed E-state index contributed by atoms with van der Waals surface area (Å²) in [4.78, 5) is 11.0. The fraction of sp³-hybridized carbons (Fsp3) is 0.0833. The molecule has 0 aliphatic heterocycles. The molecule has 21 heavy (non-hydrogen) atoms. The van der Waals surface area contributed by atoms with Crippen LogP contribution in [0.3, 0.4) is 0 Å². The number of thiophene rings is 1. The first kappa shape index (κ1) is 15.6. The molecule has 0 radical (unpaired) electrons. The highest BCUT2D eigenvalue weighted by molar-refractivity contribution is 7.94. The van der Waals surface area contributed by atoms with E-state index < -0.39 is 22.5 Å². The van der Waals surface area contributed by atoms with Crippen molar-refractivity contribution >= 4 is 50.3 Å². The molecule has 112 valence electrons. The average Bonchev–Trinajstić information content (AvgIpc) is 2.84. The maximum Gasteiger partial charge on any atom is 0.324 e. The van der Waals surface area contributed by atoms with Crippen LogP contribution in [0.1, 0.15) is 0 Å². The first-order valence-electron chi connectivity index (χ1n) is 5.67. The van der Waals surface area contributed by atoms with Crippen LogP contribution in [-0.4, -0.2) is 26.0 Å². The molecule has 0 bridgehead atoms. The summed E-state index contributed by atoms with van der Waals surface area (Å²) < 4.78 is 26.2. The molecule has 2 aromatic rings. The summed E-state index contributed by atoms with van der Waals surface area (Å²) >= 11 is 6.60. The van der Waals surface area contributed by atoms with Crippen molar-refractivity contribution in [3.8, 4) is 0 Å². The number of rotatable bonds is 5. The average molecular weight is 347 g/mol. The number of carboxylic acid groups (broad SMARTS) is 1. The molecule has 0 spiro atoms. The number of benzene rings is 1. The summed E-state index contributed by atoms with van der Waals surface area (Å²) in [5, 5.41) is 8.98. The van der Waals surface area contributed by atoms with Crippen LogP contribution in [0.5, 0.6) is 0 Å². The zero-order valence-corrected chi connectivity index (χ0v) is 13.0. The minimum atomic E-state index is -4.04. The van der Waals surface area contributed by atoms with Gasteiger partial charge in [-0.1, -0.05) is 23.7 Å². The van der Waals surface area contributed by atoms with Crippen LogP contribution in [0.4, 0.5) is 11.4 Å². The van der Waals surface area contributed by atoms with E-state index in [0.717, 1.165) is 15.6 Å². The van der Waals surface area contributed by atoms with Crippen LogP contribution < -0.4 is 10.0 Å². The third-order valence-electron chi connectivity index (χ3n) is 2.58. The molecule has 0 atom stereocenters. The number of halogens is 1. The molecule has 0 saturated carbocycles. The van der Waals surface area contributed by atoms with Crippen LogP contribution in [0, 0.1) is 0 Å². The molecular weight excluding hydrogens is 336 g/mol. The van der Waals surface area contributed by atoms with Gasteiger partial charge in [0.15, 0.2) is 0 Å². The molecule has 1 heterocycles. The smallest absolute Gasteiger partial charge is 0.324 e. The van der Waals surface area contributed by atoms with Crippen molar-refractivity contribution in [2.75, 3.05) is 16.6 Å². The summed E-state index contributed by atoms with van der Waals surface area (Å²) in [5.41, 5.74) is 6.04. The molecule has 0 fully saturated rings. The predicted molar refractivity (Wildman–Crippen MR) is 82.4 cm³/mol. The van der Waals surface area contributed by atoms with Crippen molar-refractivity contribution in [2.45, 2.75) is 4.21 Å². The highest BCUT2D eigenvalue weighted by atomic mass is 35.5. The number of nitrogens with zero attached hydrogens (tertiary/aromatic N) is 1. The second kappa shape index (κ2) is 5.92. The van der Waals surface area contributed by atoms with E-state index in [0.29, 0.717) is 4.34 Å². The fourth-order valence-corrected chi connectivity index (χ4v) is 4.72. The zero-order valence-electron chi connectivity index (χ0n) is 10.6.